The van der Waals surface area contributed by atoms with Gasteiger partial charge >= 0.3 is 0 Å². The summed E-state index contributed by atoms with van der Waals surface area (Å²) in [5.41, 5.74) is 0. The molecule has 0 aliphatic rings. The van der Waals surface area contributed by atoms with Gasteiger partial charge in [0, 0.05) is 10.9 Å². The number of nitrogens with one attached hydrogen (secondary N) is 1. The van der Waals surface area contributed by atoms with Crippen LogP contribution in [0.25, 0.3) is 0 Å². The van der Waals surface area contributed by atoms with Crippen molar-refractivity contribution < 1.29 is 4.42 Å². The Bertz CT molecular complexity index is 478. The number of furan rings is 1. The zero-order valence-electron chi connectivity index (χ0n) is 10.8. The highest BCUT2D eigenvalue weighted by molar-refractivity contribution is 9.10. The molecular formula is C14H18BrNOS. The van der Waals surface area contributed by atoms with Crippen LogP contribution in [-0.2, 0) is 0 Å². The molecule has 98 valence electrons. The van der Waals surface area contributed by atoms with Crippen LogP contribution < -0.4 is 5.32 Å². The Balaban J connectivity index is 2.10. The fourth-order valence-electron chi connectivity index (χ4n) is 1.98. The number of halogens is 1. The molecule has 0 saturated carbocycles. The second kappa shape index (κ2) is 6.04. The summed E-state index contributed by atoms with van der Waals surface area (Å²) in [6.07, 6.45) is 0. The van der Waals surface area contributed by atoms with Crippen LogP contribution in [0.2, 0.25) is 0 Å². The molecule has 0 amide bonds. The Kier molecular flexibility index (Phi) is 4.65. The summed E-state index contributed by atoms with van der Waals surface area (Å²) in [5.74, 6) is 1.51. The Labute approximate surface area is 121 Å². The highest BCUT2D eigenvalue weighted by Crippen LogP contribution is 2.29. The monoisotopic (exact) mass is 327 g/mol. The van der Waals surface area contributed by atoms with E-state index < -0.39 is 0 Å². The van der Waals surface area contributed by atoms with Gasteiger partial charge in [-0.15, -0.1) is 11.3 Å². The van der Waals surface area contributed by atoms with Crippen LogP contribution in [0.3, 0.4) is 0 Å². The zero-order chi connectivity index (χ0) is 13.1. The van der Waals surface area contributed by atoms with E-state index in [2.05, 4.69) is 59.5 Å². The molecule has 0 bridgehead atoms. The quantitative estimate of drug-likeness (QED) is 0.821. The van der Waals surface area contributed by atoms with Gasteiger partial charge in [0.15, 0.2) is 4.67 Å². The van der Waals surface area contributed by atoms with Gasteiger partial charge in [-0.1, -0.05) is 19.9 Å². The van der Waals surface area contributed by atoms with Gasteiger partial charge in [-0.05, 0) is 52.4 Å². The van der Waals surface area contributed by atoms with E-state index in [0.717, 1.165) is 10.4 Å². The van der Waals surface area contributed by atoms with E-state index in [1.807, 2.05) is 12.1 Å². The van der Waals surface area contributed by atoms with E-state index in [-0.39, 0.29) is 6.04 Å². The van der Waals surface area contributed by atoms with Crippen LogP contribution >= 0.6 is 27.3 Å². The molecule has 2 aromatic rings. The standard InChI is InChI=1S/C14H18BrNOS/c1-9(2)14(12-5-4-8-18-12)16-10(3)11-6-7-13(15)17-11/h4-10,14,16H,1-3H3. The van der Waals surface area contributed by atoms with Gasteiger partial charge in [-0.2, -0.15) is 0 Å². The van der Waals surface area contributed by atoms with Crippen molar-refractivity contribution in [2.75, 3.05) is 0 Å². The summed E-state index contributed by atoms with van der Waals surface area (Å²) in [4.78, 5) is 1.38. The fraction of sp³-hybridized carbons (Fsp3) is 0.429. The van der Waals surface area contributed by atoms with Crippen molar-refractivity contribution in [2.24, 2.45) is 5.92 Å². The minimum absolute atomic E-state index is 0.200. The summed E-state index contributed by atoms with van der Waals surface area (Å²) in [7, 11) is 0. The van der Waals surface area contributed by atoms with Gasteiger partial charge in [-0.3, -0.25) is 5.32 Å². The van der Waals surface area contributed by atoms with Crippen molar-refractivity contribution in [3.8, 4) is 0 Å². The van der Waals surface area contributed by atoms with Crippen LogP contribution in [0.15, 0.2) is 38.7 Å². The Morgan fingerprint density at radius 3 is 2.50 bits per heavy atom. The minimum atomic E-state index is 0.200. The van der Waals surface area contributed by atoms with Crippen molar-refractivity contribution >= 4 is 27.3 Å². The lowest BCUT2D eigenvalue weighted by atomic mass is 10.0. The third kappa shape index (κ3) is 3.25. The van der Waals surface area contributed by atoms with Crippen LogP contribution in [0, 0.1) is 5.92 Å². The number of hydrogen-bond donors (Lipinski definition) is 1. The van der Waals surface area contributed by atoms with Crippen LogP contribution in [0.5, 0.6) is 0 Å². The first-order chi connectivity index (χ1) is 8.58. The average Bonchev–Trinajstić information content (AvgIpc) is 2.95. The molecule has 2 rings (SSSR count). The second-order valence-corrected chi connectivity index (χ2v) is 6.53. The van der Waals surface area contributed by atoms with E-state index in [0.29, 0.717) is 12.0 Å². The predicted octanol–water partition coefficient (Wildman–Crippen LogP) is 5.15. The van der Waals surface area contributed by atoms with E-state index in [9.17, 15) is 0 Å². The number of rotatable bonds is 5. The highest BCUT2D eigenvalue weighted by atomic mass is 79.9. The first-order valence-electron chi connectivity index (χ1n) is 6.12. The van der Waals surface area contributed by atoms with Gasteiger partial charge in [0.05, 0.1) is 6.04 Å². The van der Waals surface area contributed by atoms with Crippen molar-refractivity contribution in [1.82, 2.24) is 5.32 Å². The summed E-state index contributed by atoms with van der Waals surface area (Å²) in [6.45, 7) is 6.61. The van der Waals surface area contributed by atoms with Gasteiger partial charge in [-0.25, -0.2) is 0 Å². The molecule has 2 heterocycles. The summed E-state index contributed by atoms with van der Waals surface area (Å²) >= 11 is 5.14. The Morgan fingerprint density at radius 2 is 2.00 bits per heavy atom. The third-order valence-corrected chi connectivity index (χ3v) is 4.35. The van der Waals surface area contributed by atoms with Crippen LogP contribution in [0.4, 0.5) is 0 Å². The predicted molar refractivity (Wildman–Crippen MR) is 79.9 cm³/mol. The molecule has 2 unspecified atom stereocenters. The summed E-state index contributed by atoms with van der Waals surface area (Å²) in [6, 6.07) is 8.80. The van der Waals surface area contributed by atoms with Gasteiger partial charge in [0.2, 0.25) is 0 Å². The smallest absolute Gasteiger partial charge is 0.169 e. The number of thiophene rings is 1. The van der Waals surface area contributed by atoms with Crippen molar-refractivity contribution in [2.45, 2.75) is 32.9 Å². The maximum absolute atomic E-state index is 5.60. The van der Waals surface area contributed by atoms with Crippen molar-refractivity contribution in [1.29, 1.82) is 0 Å². The Hall–Kier alpha value is -0.580. The lowest BCUT2D eigenvalue weighted by molar-refractivity contribution is 0.340. The van der Waals surface area contributed by atoms with Crippen molar-refractivity contribution in [3.05, 3.63) is 45.0 Å². The topological polar surface area (TPSA) is 25.2 Å². The highest BCUT2D eigenvalue weighted by Gasteiger charge is 2.20. The molecule has 18 heavy (non-hydrogen) atoms. The molecule has 0 radical (unpaired) electrons. The van der Waals surface area contributed by atoms with Crippen molar-refractivity contribution in [3.63, 3.8) is 0 Å². The molecular weight excluding hydrogens is 310 g/mol. The zero-order valence-corrected chi connectivity index (χ0v) is 13.2. The molecule has 1 N–H and O–H groups in total. The van der Waals surface area contributed by atoms with Gasteiger partial charge in [0.1, 0.15) is 5.76 Å². The molecule has 4 heteroatoms. The van der Waals surface area contributed by atoms with E-state index in [1.165, 1.54) is 4.88 Å². The van der Waals surface area contributed by atoms with E-state index in [4.69, 9.17) is 4.42 Å². The molecule has 2 aromatic heterocycles. The summed E-state index contributed by atoms with van der Waals surface area (Å²) in [5, 5.41) is 5.77. The maximum atomic E-state index is 5.60. The van der Waals surface area contributed by atoms with Crippen LogP contribution in [-0.4, -0.2) is 0 Å². The normalized spacial score (nSPS) is 14.9. The lowest BCUT2D eigenvalue weighted by Crippen LogP contribution is -2.27. The fourth-order valence-corrected chi connectivity index (χ4v) is 3.26. The molecule has 0 aliphatic heterocycles. The average molecular weight is 328 g/mol. The summed E-state index contributed by atoms with van der Waals surface area (Å²) < 4.78 is 6.38. The van der Waals surface area contributed by atoms with E-state index in [1.54, 1.807) is 11.3 Å². The second-order valence-electron chi connectivity index (χ2n) is 4.77. The third-order valence-electron chi connectivity index (χ3n) is 2.97. The first-order valence-corrected chi connectivity index (χ1v) is 7.80. The lowest BCUT2D eigenvalue weighted by Gasteiger charge is -2.24. The van der Waals surface area contributed by atoms with E-state index >= 15 is 0 Å². The minimum Gasteiger partial charge on any atom is -0.453 e. The van der Waals surface area contributed by atoms with Gasteiger partial charge in [0.25, 0.3) is 0 Å². The molecule has 2 nitrogen and oxygen atoms in total. The molecule has 2 atom stereocenters. The van der Waals surface area contributed by atoms with Crippen LogP contribution in [0.1, 0.15) is 43.5 Å². The largest absolute Gasteiger partial charge is 0.453 e. The SMILES string of the molecule is CC(NC(c1cccs1)C(C)C)c1ccc(Br)o1. The molecule has 0 spiro atoms. The Morgan fingerprint density at radius 1 is 1.22 bits per heavy atom. The molecule has 0 saturated heterocycles. The van der Waals surface area contributed by atoms with Gasteiger partial charge < -0.3 is 4.42 Å². The maximum Gasteiger partial charge on any atom is 0.169 e. The first kappa shape index (κ1) is 13.8. The number of hydrogen-bond acceptors (Lipinski definition) is 3. The molecule has 0 aliphatic carbocycles. The molecule has 0 aromatic carbocycles. The molecule has 0 fully saturated rings.